The van der Waals surface area contributed by atoms with Crippen LogP contribution in [0.4, 0.5) is 0 Å². The van der Waals surface area contributed by atoms with E-state index in [1.54, 1.807) is 13.3 Å². The van der Waals surface area contributed by atoms with Crippen LogP contribution < -0.4 is 10.4 Å². The molecule has 0 bridgehead atoms. The summed E-state index contributed by atoms with van der Waals surface area (Å²) in [6.45, 7) is 15.5. The molecule has 4 heteroatoms. The summed E-state index contributed by atoms with van der Waals surface area (Å²) in [6, 6.07) is 24.0. The zero-order chi connectivity index (χ0) is 30.1. The van der Waals surface area contributed by atoms with Crippen LogP contribution in [-0.2, 0) is 4.43 Å². The normalized spacial score (nSPS) is 21.9. The first-order valence-electron chi connectivity index (χ1n) is 17.8. The standard InChI is InChI=1S/C26H36NOSi.3C4H9.Sn/c1-26(2,3)29(22-16-10-6-11-17-22,23-18-12-7-13-19-23)28-20-24-25(27(24)4)21-14-8-5-9-15-21;3*1-3-4-2;/h6-7,10-13,16-19,21,24-25H,4-5,8-9,14-15,20H2,1-3H3;3*1,3-4H2,2H3;. The van der Waals surface area contributed by atoms with E-state index >= 15 is 0 Å². The molecular formula is C38H63NOSiSn. The van der Waals surface area contributed by atoms with Crippen LogP contribution in [0.5, 0.6) is 0 Å². The molecule has 0 spiro atoms. The predicted octanol–water partition coefficient (Wildman–Crippen LogP) is 9.58. The summed E-state index contributed by atoms with van der Waals surface area (Å²) in [6.07, 6.45) is 15.7. The third-order valence-corrected chi connectivity index (χ3v) is 30.9. The van der Waals surface area contributed by atoms with Crippen LogP contribution in [0.3, 0.4) is 0 Å². The predicted molar refractivity (Wildman–Crippen MR) is 189 cm³/mol. The van der Waals surface area contributed by atoms with Crippen LogP contribution in [0.25, 0.3) is 0 Å². The number of benzene rings is 2. The fourth-order valence-corrected chi connectivity index (χ4v) is 29.5. The maximum atomic E-state index is 7.62. The molecule has 42 heavy (non-hydrogen) atoms. The zero-order valence-electron chi connectivity index (χ0n) is 28.2. The monoisotopic (exact) mass is 697 g/mol. The molecule has 0 N–H and O–H groups in total. The summed E-state index contributed by atoms with van der Waals surface area (Å²) in [7, 11) is -2.51. The molecule has 1 aliphatic heterocycles. The van der Waals surface area contributed by atoms with Gasteiger partial charge >= 0.3 is 267 Å². The molecule has 3 unspecified atom stereocenters. The van der Waals surface area contributed by atoms with Crippen molar-refractivity contribution in [3.8, 4) is 0 Å². The fourth-order valence-electron chi connectivity index (χ4n) is 8.46. The van der Waals surface area contributed by atoms with Crippen molar-refractivity contribution in [1.29, 1.82) is 0 Å². The summed E-state index contributed by atoms with van der Waals surface area (Å²) < 4.78 is 14.0. The van der Waals surface area contributed by atoms with Gasteiger partial charge in [0.1, 0.15) is 0 Å². The summed E-state index contributed by atoms with van der Waals surface area (Å²) >= 11 is -2.30. The molecular weight excluding hydrogens is 633 g/mol. The van der Waals surface area contributed by atoms with E-state index < -0.39 is 26.7 Å². The molecule has 234 valence electrons. The van der Waals surface area contributed by atoms with E-state index in [9.17, 15) is 0 Å². The van der Waals surface area contributed by atoms with Gasteiger partial charge in [-0.3, -0.25) is 0 Å². The molecule has 2 nitrogen and oxygen atoms in total. The Labute approximate surface area is 265 Å². The van der Waals surface area contributed by atoms with Gasteiger partial charge in [0.15, 0.2) is 0 Å². The van der Waals surface area contributed by atoms with Gasteiger partial charge in [-0.1, -0.05) is 0 Å². The van der Waals surface area contributed by atoms with Crippen LogP contribution in [0.1, 0.15) is 112 Å². The van der Waals surface area contributed by atoms with Gasteiger partial charge in [-0.2, -0.15) is 0 Å². The van der Waals surface area contributed by atoms with Crippen LogP contribution >= 0.6 is 0 Å². The molecule has 2 fully saturated rings. The SMILES string of the molecule is CCC[CH2][Sn]([CH2]CCC)([CH2]CCC)[CH2]N1C(CO[Si](c2ccccc2)(c2ccccc2)C(C)(C)C)C1C1CCCCC1. The van der Waals surface area contributed by atoms with E-state index in [1.165, 1.54) is 85.6 Å². The molecule has 0 aromatic heterocycles. The third-order valence-electron chi connectivity index (χ3n) is 10.8. The van der Waals surface area contributed by atoms with Gasteiger partial charge < -0.3 is 0 Å². The number of hydrogen-bond donors (Lipinski definition) is 0. The Morgan fingerprint density at radius 2 is 1.21 bits per heavy atom. The molecule has 1 aliphatic carbocycles. The van der Waals surface area contributed by atoms with Crippen molar-refractivity contribution < 1.29 is 4.43 Å². The molecule has 3 atom stereocenters. The topological polar surface area (TPSA) is 12.2 Å². The molecule has 1 saturated heterocycles. The summed E-state index contributed by atoms with van der Waals surface area (Å²) in [5.74, 6) is 0.888. The number of unbranched alkanes of at least 4 members (excludes halogenated alkanes) is 3. The minimum absolute atomic E-state index is 0.0438. The second-order valence-electron chi connectivity index (χ2n) is 14.9. The Kier molecular flexibility index (Phi) is 13.1. The molecule has 0 radical (unpaired) electrons. The zero-order valence-corrected chi connectivity index (χ0v) is 32.0. The Morgan fingerprint density at radius 3 is 1.64 bits per heavy atom. The van der Waals surface area contributed by atoms with Crippen molar-refractivity contribution in [3.05, 3.63) is 60.7 Å². The van der Waals surface area contributed by atoms with Gasteiger partial charge in [-0.05, 0) is 0 Å². The second kappa shape index (κ2) is 16.1. The molecule has 1 heterocycles. The molecule has 2 aliphatic rings. The molecule has 4 rings (SSSR count). The molecule has 2 aromatic carbocycles. The van der Waals surface area contributed by atoms with Gasteiger partial charge in [0, 0.05) is 0 Å². The van der Waals surface area contributed by atoms with Crippen molar-refractivity contribution in [2.24, 2.45) is 5.92 Å². The summed E-state index contributed by atoms with van der Waals surface area (Å²) in [4.78, 5) is 3.07. The average Bonchev–Trinajstić information content (AvgIpc) is 3.70. The van der Waals surface area contributed by atoms with Gasteiger partial charge in [-0.25, -0.2) is 0 Å². The van der Waals surface area contributed by atoms with Crippen LogP contribution in [0.2, 0.25) is 18.3 Å². The third kappa shape index (κ3) is 8.15. The summed E-state index contributed by atoms with van der Waals surface area (Å²) in [5.41, 5.74) is 0. The fraction of sp³-hybridized carbons (Fsp3) is 0.684. The van der Waals surface area contributed by atoms with Crippen molar-refractivity contribution in [1.82, 2.24) is 4.90 Å². The first kappa shape index (κ1) is 34.3. The summed E-state index contributed by atoms with van der Waals surface area (Å²) in [5, 5.41) is 2.89. The van der Waals surface area contributed by atoms with Gasteiger partial charge in [0.05, 0.1) is 0 Å². The minimum atomic E-state index is -2.51. The molecule has 1 saturated carbocycles. The number of nitrogens with zero attached hydrogens (tertiary/aromatic N) is 1. The second-order valence-corrected chi connectivity index (χ2v) is 33.0. The van der Waals surface area contributed by atoms with Crippen LogP contribution in [0.15, 0.2) is 60.7 Å². The van der Waals surface area contributed by atoms with Crippen LogP contribution in [-0.4, -0.2) is 54.8 Å². The Bertz CT molecular complexity index is 971. The van der Waals surface area contributed by atoms with Gasteiger partial charge in [-0.15, -0.1) is 0 Å². The van der Waals surface area contributed by atoms with Gasteiger partial charge in [0.2, 0.25) is 0 Å². The van der Waals surface area contributed by atoms with E-state index in [1.807, 2.05) is 0 Å². The average molecular weight is 697 g/mol. The van der Waals surface area contributed by atoms with E-state index in [0.29, 0.717) is 6.04 Å². The van der Waals surface area contributed by atoms with E-state index in [-0.39, 0.29) is 5.04 Å². The Balaban J connectivity index is 1.66. The first-order valence-corrected chi connectivity index (χ1v) is 27.8. The van der Waals surface area contributed by atoms with Crippen LogP contribution in [0, 0.1) is 5.92 Å². The Hall–Kier alpha value is -0.624. The van der Waals surface area contributed by atoms with E-state index in [2.05, 4.69) is 107 Å². The Morgan fingerprint density at radius 1 is 0.738 bits per heavy atom. The van der Waals surface area contributed by atoms with E-state index in [4.69, 9.17) is 4.43 Å². The quantitative estimate of drug-likeness (QED) is 0.121. The van der Waals surface area contributed by atoms with Crippen molar-refractivity contribution in [2.45, 2.75) is 143 Å². The number of hydrogen-bond acceptors (Lipinski definition) is 2. The maximum absolute atomic E-state index is 7.62. The van der Waals surface area contributed by atoms with Crippen molar-refractivity contribution in [2.75, 3.05) is 11.2 Å². The number of rotatable bonds is 17. The van der Waals surface area contributed by atoms with E-state index in [0.717, 1.165) is 18.6 Å². The van der Waals surface area contributed by atoms with Gasteiger partial charge in [0.25, 0.3) is 0 Å². The molecule has 2 aromatic rings. The first-order chi connectivity index (χ1) is 20.3. The van der Waals surface area contributed by atoms with Crippen molar-refractivity contribution in [3.63, 3.8) is 0 Å². The molecule has 0 amide bonds. The van der Waals surface area contributed by atoms with Crippen molar-refractivity contribution >= 4 is 37.1 Å².